The first-order valence-electron chi connectivity index (χ1n) is 14.7. The molecule has 4 heteroatoms. The highest BCUT2D eigenvalue weighted by Crippen LogP contribution is 2.23. The highest BCUT2D eigenvalue weighted by Gasteiger charge is 2.40. The summed E-state index contributed by atoms with van der Waals surface area (Å²) >= 11 is 0. The Labute approximate surface area is 204 Å². The van der Waals surface area contributed by atoms with Crippen molar-refractivity contribution >= 4 is 8.80 Å². The summed E-state index contributed by atoms with van der Waals surface area (Å²) in [5.74, 6) is 0. The smallest absolute Gasteiger partial charge is 0.373 e. The molecule has 0 atom stereocenters. The first-order chi connectivity index (χ1) is 15.7. The molecule has 0 amide bonds. The summed E-state index contributed by atoms with van der Waals surface area (Å²) in [5.41, 5.74) is 0. The van der Waals surface area contributed by atoms with Crippen LogP contribution in [0.15, 0.2) is 0 Å². The van der Waals surface area contributed by atoms with Crippen LogP contribution in [0.25, 0.3) is 0 Å². The summed E-state index contributed by atoms with van der Waals surface area (Å²) in [6.07, 6.45) is 25.5. The van der Waals surface area contributed by atoms with Gasteiger partial charge in [0.1, 0.15) is 0 Å². The molecule has 0 unspecified atom stereocenters. The molecule has 0 spiro atoms. The van der Waals surface area contributed by atoms with Crippen LogP contribution in [0, 0.1) is 0 Å². The molecule has 0 aromatic rings. The average Bonchev–Trinajstić information content (AvgIpc) is 2.80. The van der Waals surface area contributed by atoms with Crippen molar-refractivity contribution in [3.05, 3.63) is 0 Å². The lowest BCUT2D eigenvalue weighted by Gasteiger charge is -2.30. The molecule has 0 aromatic heterocycles. The summed E-state index contributed by atoms with van der Waals surface area (Å²) in [6.45, 7) is 11.6. The molecule has 0 aromatic carbocycles. The fraction of sp³-hybridized carbons (Fsp3) is 1.00. The van der Waals surface area contributed by atoms with Gasteiger partial charge in [-0.15, -0.1) is 0 Å². The number of rotatable bonds is 27. The van der Waals surface area contributed by atoms with Crippen molar-refractivity contribution in [1.29, 1.82) is 0 Å². The topological polar surface area (TPSA) is 27.7 Å². The minimum atomic E-state index is -2.56. The second-order valence-corrected chi connectivity index (χ2v) is 12.4. The van der Waals surface area contributed by atoms with Crippen molar-refractivity contribution in [2.24, 2.45) is 0 Å². The predicted octanol–water partition coefficient (Wildman–Crippen LogP) is 9.86. The molecular weight excluding hydrogens is 412 g/mol. The van der Waals surface area contributed by atoms with Gasteiger partial charge in [-0.3, -0.25) is 0 Å². The van der Waals surface area contributed by atoms with E-state index in [1.54, 1.807) is 0 Å². The van der Waals surface area contributed by atoms with Gasteiger partial charge in [-0.25, -0.2) is 0 Å². The van der Waals surface area contributed by atoms with Gasteiger partial charge in [-0.1, -0.05) is 130 Å². The third kappa shape index (κ3) is 20.7. The lowest BCUT2D eigenvalue weighted by atomic mass is 10.2. The fourth-order valence-electron chi connectivity index (χ4n) is 4.09. The molecule has 0 aliphatic carbocycles. The zero-order chi connectivity index (χ0) is 23.6. The van der Waals surface area contributed by atoms with E-state index in [1.165, 1.54) is 109 Å². The molecule has 0 rings (SSSR count). The van der Waals surface area contributed by atoms with Crippen molar-refractivity contribution in [3.8, 4) is 0 Å². The SMILES string of the molecule is CCCCCCCO[Si](CCCCCCC)(OCCCCCCC)OCCCCCCC. The summed E-state index contributed by atoms with van der Waals surface area (Å²) < 4.78 is 19.7. The summed E-state index contributed by atoms with van der Waals surface area (Å²) in [7, 11) is -2.56. The van der Waals surface area contributed by atoms with Gasteiger partial charge in [0, 0.05) is 25.9 Å². The lowest BCUT2D eigenvalue weighted by molar-refractivity contribution is 0.0546. The van der Waals surface area contributed by atoms with Crippen LogP contribution in [-0.4, -0.2) is 28.6 Å². The number of hydrogen-bond acceptors (Lipinski definition) is 3. The average molecular weight is 473 g/mol. The van der Waals surface area contributed by atoms with E-state index in [4.69, 9.17) is 13.3 Å². The molecular formula is C28H60O3Si. The highest BCUT2D eigenvalue weighted by molar-refractivity contribution is 6.60. The van der Waals surface area contributed by atoms with Gasteiger partial charge < -0.3 is 13.3 Å². The van der Waals surface area contributed by atoms with E-state index in [1.807, 2.05) is 0 Å². The molecule has 0 saturated heterocycles. The predicted molar refractivity (Wildman–Crippen MR) is 143 cm³/mol. The molecule has 0 heterocycles. The monoisotopic (exact) mass is 472 g/mol. The van der Waals surface area contributed by atoms with Crippen LogP contribution < -0.4 is 0 Å². The summed E-state index contributed by atoms with van der Waals surface area (Å²) in [6, 6.07) is 1.01. The Morgan fingerprint density at radius 3 is 0.938 bits per heavy atom. The molecule has 32 heavy (non-hydrogen) atoms. The Hall–Kier alpha value is 0.0969. The second kappa shape index (κ2) is 25.7. The molecule has 0 N–H and O–H groups in total. The first kappa shape index (κ1) is 32.1. The van der Waals surface area contributed by atoms with Gasteiger partial charge in [-0.2, -0.15) is 0 Å². The fourth-order valence-corrected chi connectivity index (χ4v) is 6.82. The van der Waals surface area contributed by atoms with E-state index < -0.39 is 8.80 Å². The Kier molecular flexibility index (Phi) is 25.8. The van der Waals surface area contributed by atoms with Crippen molar-refractivity contribution in [2.45, 2.75) is 162 Å². The van der Waals surface area contributed by atoms with Crippen molar-refractivity contribution in [2.75, 3.05) is 19.8 Å². The minimum absolute atomic E-state index is 0.816. The Morgan fingerprint density at radius 1 is 0.344 bits per heavy atom. The van der Waals surface area contributed by atoms with Gasteiger partial charge in [0.15, 0.2) is 0 Å². The summed E-state index contributed by atoms with van der Waals surface area (Å²) in [5, 5.41) is 0. The van der Waals surface area contributed by atoms with Crippen LogP contribution >= 0.6 is 0 Å². The number of unbranched alkanes of at least 4 members (excludes halogenated alkanes) is 16. The van der Waals surface area contributed by atoms with E-state index in [0.29, 0.717) is 0 Å². The molecule has 0 fully saturated rings. The molecule has 0 bridgehead atoms. The van der Waals surface area contributed by atoms with E-state index >= 15 is 0 Å². The van der Waals surface area contributed by atoms with E-state index in [0.717, 1.165) is 45.1 Å². The van der Waals surface area contributed by atoms with Crippen LogP contribution in [0.5, 0.6) is 0 Å². The van der Waals surface area contributed by atoms with Crippen molar-refractivity contribution in [3.63, 3.8) is 0 Å². The normalized spacial score (nSPS) is 12.0. The van der Waals surface area contributed by atoms with Crippen molar-refractivity contribution < 1.29 is 13.3 Å². The van der Waals surface area contributed by atoms with Gasteiger partial charge in [0.2, 0.25) is 0 Å². The lowest BCUT2D eigenvalue weighted by Crippen LogP contribution is -2.46. The quantitative estimate of drug-likeness (QED) is 0.0879. The maximum atomic E-state index is 6.57. The molecule has 0 aliphatic rings. The maximum Gasteiger partial charge on any atom is 0.500 e. The van der Waals surface area contributed by atoms with Gasteiger partial charge >= 0.3 is 8.80 Å². The molecule has 194 valence electrons. The van der Waals surface area contributed by atoms with E-state index in [9.17, 15) is 0 Å². The van der Waals surface area contributed by atoms with Gasteiger partial charge in [0.05, 0.1) is 0 Å². The van der Waals surface area contributed by atoms with Gasteiger partial charge in [0.25, 0.3) is 0 Å². The van der Waals surface area contributed by atoms with Crippen LogP contribution in [0.3, 0.4) is 0 Å². The molecule has 0 aliphatic heterocycles. The van der Waals surface area contributed by atoms with Crippen molar-refractivity contribution in [1.82, 2.24) is 0 Å². The summed E-state index contributed by atoms with van der Waals surface area (Å²) in [4.78, 5) is 0. The van der Waals surface area contributed by atoms with Gasteiger partial charge in [-0.05, 0) is 25.7 Å². The Morgan fingerprint density at radius 2 is 0.625 bits per heavy atom. The zero-order valence-electron chi connectivity index (χ0n) is 22.7. The molecule has 0 saturated carbocycles. The second-order valence-electron chi connectivity index (χ2n) is 9.64. The molecule has 3 nitrogen and oxygen atoms in total. The van der Waals surface area contributed by atoms with Crippen LogP contribution in [0.4, 0.5) is 0 Å². The Balaban J connectivity index is 4.72. The zero-order valence-corrected chi connectivity index (χ0v) is 23.7. The first-order valence-corrected chi connectivity index (χ1v) is 16.6. The third-order valence-electron chi connectivity index (χ3n) is 6.30. The van der Waals surface area contributed by atoms with E-state index in [2.05, 4.69) is 27.7 Å². The highest BCUT2D eigenvalue weighted by atomic mass is 28.4. The Bertz CT molecular complexity index is 311. The number of hydrogen-bond donors (Lipinski definition) is 0. The van der Waals surface area contributed by atoms with Crippen LogP contribution in [-0.2, 0) is 13.3 Å². The maximum absolute atomic E-state index is 6.57. The largest absolute Gasteiger partial charge is 0.500 e. The van der Waals surface area contributed by atoms with Crippen LogP contribution in [0.2, 0.25) is 6.04 Å². The van der Waals surface area contributed by atoms with Crippen LogP contribution in [0.1, 0.15) is 156 Å². The minimum Gasteiger partial charge on any atom is -0.373 e. The standard InChI is InChI=1S/C28H60O3Si/c1-5-9-13-17-21-25-29-32(28-24-20-16-12-8-4,30-26-22-18-14-10-6-2)31-27-23-19-15-11-7-3/h5-28H2,1-4H3. The third-order valence-corrected chi connectivity index (χ3v) is 9.19. The van der Waals surface area contributed by atoms with E-state index in [-0.39, 0.29) is 0 Å². The molecule has 0 radical (unpaired) electrons.